The summed E-state index contributed by atoms with van der Waals surface area (Å²) in [5.41, 5.74) is 1.91. The molecule has 0 aliphatic carbocycles. The molecule has 0 aromatic heterocycles. The number of carbonyl (C=O) groups excluding carboxylic acids is 2. The summed E-state index contributed by atoms with van der Waals surface area (Å²) in [5, 5.41) is 6.37. The normalized spacial score (nSPS) is 25.5. The molecule has 3 amide bonds. The van der Waals surface area contributed by atoms with Crippen molar-refractivity contribution in [3.05, 3.63) is 29.8 Å². The molecule has 2 saturated heterocycles. The fourth-order valence-electron chi connectivity index (χ4n) is 3.89. The molecule has 2 aliphatic heterocycles. The van der Waals surface area contributed by atoms with E-state index in [9.17, 15) is 9.59 Å². The van der Waals surface area contributed by atoms with Crippen molar-refractivity contribution < 1.29 is 9.59 Å². The van der Waals surface area contributed by atoms with Gasteiger partial charge >= 0.3 is 6.03 Å². The molecule has 7 heteroatoms. The Balaban J connectivity index is 0.00000261. The SMILES string of the molecule is Cc1cccc(NC(=O)N2CCCC(C(=O)N3CCNC(C)C3C)C2)c1.Cl. The Morgan fingerprint density at radius 2 is 2.00 bits per heavy atom. The molecule has 0 spiro atoms. The third-order valence-corrected chi connectivity index (χ3v) is 5.64. The first-order chi connectivity index (χ1) is 12.5. The Morgan fingerprint density at radius 1 is 1.22 bits per heavy atom. The Morgan fingerprint density at radius 3 is 2.74 bits per heavy atom. The number of hydrogen-bond acceptors (Lipinski definition) is 3. The number of benzene rings is 1. The molecule has 2 N–H and O–H groups in total. The maximum atomic E-state index is 13.0. The molecule has 150 valence electrons. The zero-order valence-corrected chi connectivity index (χ0v) is 17.2. The topological polar surface area (TPSA) is 64.7 Å². The van der Waals surface area contributed by atoms with Gasteiger partial charge in [0.25, 0.3) is 0 Å². The van der Waals surface area contributed by atoms with E-state index >= 15 is 0 Å². The fourth-order valence-corrected chi connectivity index (χ4v) is 3.89. The van der Waals surface area contributed by atoms with Crippen LogP contribution >= 0.6 is 12.4 Å². The quantitative estimate of drug-likeness (QED) is 0.810. The number of piperazine rings is 1. The Labute approximate surface area is 168 Å². The van der Waals surface area contributed by atoms with E-state index in [2.05, 4.69) is 24.5 Å². The van der Waals surface area contributed by atoms with E-state index in [0.717, 1.165) is 37.2 Å². The lowest BCUT2D eigenvalue weighted by Gasteiger charge is -2.42. The van der Waals surface area contributed by atoms with Gasteiger partial charge in [0.15, 0.2) is 0 Å². The van der Waals surface area contributed by atoms with Crippen molar-refractivity contribution in [1.82, 2.24) is 15.1 Å². The van der Waals surface area contributed by atoms with Gasteiger partial charge in [0.1, 0.15) is 0 Å². The highest BCUT2D eigenvalue weighted by atomic mass is 35.5. The molecule has 6 nitrogen and oxygen atoms in total. The van der Waals surface area contributed by atoms with Crippen LogP contribution in [0.5, 0.6) is 0 Å². The van der Waals surface area contributed by atoms with Crippen molar-refractivity contribution in [1.29, 1.82) is 0 Å². The number of amides is 3. The van der Waals surface area contributed by atoms with Gasteiger partial charge in [-0.05, 0) is 51.3 Å². The van der Waals surface area contributed by atoms with Crippen molar-refractivity contribution >= 4 is 30.0 Å². The largest absolute Gasteiger partial charge is 0.337 e. The summed E-state index contributed by atoms with van der Waals surface area (Å²) in [7, 11) is 0. The summed E-state index contributed by atoms with van der Waals surface area (Å²) in [4.78, 5) is 29.4. The molecular weight excluding hydrogens is 364 g/mol. The smallest absolute Gasteiger partial charge is 0.321 e. The highest BCUT2D eigenvalue weighted by molar-refractivity contribution is 5.90. The summed E-state index contributed by atoms with van der Waals surface area (Å²) in [6.07, 6.45) is 1.73. The van der Waals surface area contributed by atoms with Crippen LogP contribution in [0.25, 0.3) is 0 Å². The van der Waals surface area contributed by atoms with Crippen LogP contribution < -0.4 is 10.6 Å². The molecule has 0 radical (unpaired) electrons. The van der Waals surface area contributed by atoms with Gasteiger partial charge in [-0.25, -0.2) is 4.79 Å². The number of likely N-dealkylation sites (tertiary alicyclic amines) is 1. The van der Waals surface area contributed by atoms with Crippen molar-refractivity contribution in [2.45, 2.75) is 45.7 Å². The molecule has 2 fully saturated rings. The fraction of sp³-hybridized carbons (Fsp3) is 0.600. The first-order valence-corrected chi connectivity index (χ1v) is 9.62. The van der Waals surface area contributed by atoms with Gasteiger partial charge in [0.05, 0.1) is 5.92 Å². The number of rotatable bonds is 2. The number of nitrogens with zero attached hydrogens (tertiary/aromatic N) is 2. The van der Waals surface area contributed by atoms with E-state index in [1.807, 2.05) is 36.1 Å². The molecule has 2 heterocycles. The van der Waals surface area contributed by atoms with Crippen LogP contribution in [0.4, 0.5) is 10.5 Å². The van der Waals surface area contributed by atoms with Crippen molar-refractivity contribution in [2.75, 3.05) is 31.5 Å². The van der Waals surface area contributed by atoms with Gasteiger partial charge < -0.3 is 20.4 Å². The van der Waals surface area contributed by atoms with Gasteiger partial charge in [-0.2, -0.15) is 0 Å². The van der Waals surface area contributed by atoms with Crippen LogP contribution in [-0.4, -0.2) is 60.0 Å². The zero-order chi connectivity index (χ0) is 18.7. The maximum absolute atomic E-state index is 13.0. The van der Waals surface area contributed by atoms with Gasteiger partial charge in [-0.1, -0.05) is 12.1 Å². The monoisotopic (exact) mass is 394 g/mol. The first kappa shape index (κ1) is 21.5. The lowest BCUT2D eigenvalue weighted by atomic mass is 9.94. The maximum Gasteiger partial charge on any atom is 0.321 e. The second-order valence-electron chi connectivity index (χ2n) is 7.60. The van der Waals surface area contributed by atoms with Gasteiger partial charge in [-0.3, -0.25) is 4.79 Å². The van der Waals surface area contributed by atoms with E-state index in [0.29, 0.717) is 19.1 Å². The van der Waals surface area contributed by atoms with Crippen LogP contribution in [0, 0.1) is 12.8 Å². The Hall–Kier alpha value is -1.79. The first-order valence-electron chi connectivity index (χ1n) is 9.62. The number of nitrogens with one attached hydrogen (secondary N) is 2. The lowest BCUT2D eigenvalue weighted by molar-refractivity contribution is -0.140. The zero-order valence-electron chi connectivity index (χ0n) is 16.4. The molecule has 2 aliphatic rings. The lowest BCUT2D eigenvalue weighted by Crippen LogP contribution is -2.59. The molecule has 1 aromatic rings. The molecule has 0 bridgehead atoms. The second-order valence-corrected chi connectivity index (χ2v) is 7.60. The van der Waals surface area contributed by atoms with E-state index < -0.39 is 0 Å². The predicted octanol–water partition coefficient (Wildman–Crippen LogP) is 2.87. The third kappa shape index (κ3) is 5.14. The Kier molecular flexibility index (Phi) is 7.50. The molecule has 27 heavy (non-hydrogen) atoms. The highest BCUT2D eigenvalue weighted by Crippen LogP contribution is 2.22. The summed E-state index contributed by atoms with van der Waals surface area (Å²) in [6.45, 7) is 9.00. The molecule has 3 rings (SSSR count). The number of piperidine rings is 1. The second kappa shape index (κ2) is 9.42. The molecule has 3 unspecified atom stereocenters. The van der Waals surface area contributed by atoms with Crippen molar-refractivity contribution in [2.24, 2.45) is 5.92 Å². The molecular formula is C20H31ClN4O2. The highest BCUT2D eigenvalue weighted by Gasteiger charge is 2.35. The molecule has 0 saturated carbocycles. The summed E-state index contributed by atoms with van der Waals surface area (Å²) < 4.78 is 0. The minimum absolute atomic E-state index is 0. The third-order valence-electron chi connectivity index (χ3n) is 5.64. The average molecular weight is 395 g/mol. The van der Waals surface area contributed by atoms with E-state index in [4.69, 9.17) is 0 Å². The van der Waals surface area contributed by atoms with Gasteiger partial charge in [0.2, 0.25) is 5.91 Å². The van der Waals surface area contributed by atoms with Crippen LogP contribution in [0.15, 0.2) is 24.3 Å². The minimum Gasteiger partial charge on any atom is -0.337 e. The summed E-state index contributed by atoms with van der Waals surface area (Å²) in [6, 6.07) is 8.15. The number of halogens is 1. The molecule has 3 atom stereocenters. The predicted molar refractivity (Wildman–Crippen MR) is 110 cm³/mol. The molecule has 1 aromatic carbocycles. The number of hydrogen-bond donors (Lipinski definition) is 2. The average Bonchev–Trinajstić information content (AvgIpc) is 2.63. The number of carbonyl (C=O) groups is 2. The van der Waals surface area contributed by atoms with Crippen LogP contribution in [0.2, 0.25) is 0 Å². The number of anilines is 1. The van der Waals surface area contributed by atoms with E-state index in [-0.39, 0.29) is 36.3 Å². The van der Waals surface area contributed by atoms with Crippen LogP contribution in [0.1, 0.15) is 32.3 Å². The number of urea groups is 1. The standard InChI is InChI=1S/C20H30N4O2.ClH/c1-14-6-4-8-18(12-14)22-20(26)23-10-5-7-17(13-23)19(25)24-11-9-21-15(2)16(24)3;/h4,6,8,12,15-17,21H,5,7,9-11,13H2,1-3H3,(H,22,26);1H. The van der Waals surface area contributed by atoms with E-state index in [1.165, 1.54) is 0 Å². The Bertz CT molecular complexity index is 669. The minimum atomic E-state index is -0.116. The van der Waals surface area contributed by atoms with Crippen LogP contribution in [0.3, 0.4) is 0 Å². The van der Waals surface area contributed by atoms with E-state index in [1.54, 1.807) is 4.90 Å². The van der Waals surface area contributed by atoms with Gasteiger partial charge in [-0.15, -0.1) is 12.4 Å². The van der Waals surface area contributed by atoms with Crippen molar-refractivity contribution in [3.8, 4) is 0 Å². The van der Waals surface area contributed by atoms with Crippen LogP contribution in [-0.2, 0) is 4.79 Å². The van der Waals surface area contributed by atoms with Crippen molar-refractivity contribution in [3.63, 3.8) is 0 Å². The van der Waals surface area contributed by atoms with Gasteiger partial charge in [0, 0.05) is 44.0 Å². The summed E-state index contributed by atoms with van der Waals surface area (Å²) >= 11 is 0. The number of aryl methyl sites for hydroxylation is 1. The summed E-state index contributed by atoms with van der Waals surface area (Å²) in [5.74, 6) is 0.0960.